The van der Waals surface area contributed by atoms with Gasteiger partial charge in [-0.3, -0.25) is 14.3 Å². The Morgan fingerprint density at radius 3 is 2.68 bits per heavy atom. The zero-order valence-electron chi connectivity index (χ0n) is 17.6. The summed E-state index contributed by atoms with van der Waals surface area (Å²) in [5, 5.41) is 8.22. The highest BCUT2D eigenvalue weighted by Crippen LogP contribution is 2.27. The number of nitrogens with zero attached hydrogens (tertiary/aromatic N) is 3. The number of aromatic nitrogens is 2. The lowest BCUT2D eigenvalue weighted by Gasteiger charge is -2.17. The number of halogens is 1. The summed E-state index contributed by atoms with van der Waals surface area (Å²) >= 11 is 6.04. The monoisotopic (exact) mass is 436 g/mol. The highest BCUT2D eigenvalue weighted by molar-refractivity contribution is 6.31. The van der Waals surface area contributed by atoms with Gasteiger partial charge in [0.1, 0.15) is 0 Å². The van der Waals surface area contributed by atoms with Gasteiger partial charge in [0.25, 0.3) is 0 Å². The van der Waals surface area contributed by atoms with E-state index in [4.69, 9.17) is 11.6 Å². The minimum atomic E-state index is -0.383. The molecule has 1 aliphatic heterocycles. The fourth-order valence-corrected chi connectivity index (χ4v) is 4.18. The fraction of sp³-hybridized carbons (Fsp3) is 0.292. The van der Waals surface area contributed by atoms with Crippen molar-refractivity contribution in [1.29, 1.82) is 0 Å². The first kappa shape index (κ1) is 21.1. The van der Waals surface area contributed by atoms with Crippen LogP contribution in [-0.2, 0) is 22.7 Å². The van der Waals surface area contributed by atoms with Crippen LogP contribution in [0.5, 0.6) is 0 Å². The van der Waals surface area contributed by atoms with E-state index in [0.717, 1.165) is 22.6 Å². The molecule has 0 bridgehead atoms. The number of anilines is 1. The van der Waals surface area contributed by atoms with Crippen LogP contribution in [-0.4, -0.2) is 28.1 Å². The number of amides is 2. The van der Waals surface area contributed by atoms with Crippen molar-refractivity contribution in [1.82, 2.24) is 15.1 Å². The molecule has 1 aliphatic rings. The van der Waals surface area contributed by atoms with Crippen molar-refractivity contribution >= 4 is 29.1 Å². The van der Waals surface area contributed by atoms with Crippen LogP contribution >= 0.6 is 11.6 Å². The lowest BCUT2D eigenvalue weighted by Crippen LogP contribution is -2.32. The maximum atomic E-state index is 12.8. The molecule has 2 heterocycles. The van der Waals surface area contributed by atoms with Crippen molar-refractivity contribution in [3.05, 3.63) is 82.1 Å². The second-order valence-corrected chi connectivity index (χ2v) is 8.33. The maximum absolute atomic E-state index is 12.8. The highest BCUT2D eigenvalue weighted by atomic mass is 35.5. The molecule has 0 saturated carbocycles. The van der Waals surface area contributed by atoms with E-state index in [1.54, 1.807) is 23.1 Å². The summed E-state index contributed by atoms with van der Waals surface area (Å²) in [6.07, 6.45) is 0.198. The first-order chi connectivity index (χ1) is 14.9. The second-order valence-electron chi connectivity index (χ2n) is 7.90. The fourth-order valence-electron chi connectivity index (χ4n) is 4.00. The quantitative estimate of drug-likeness (QED) is 0.637. The van der Waals surface area contributed by atoms with Gasteiger partial charge in [-0.05, 0) is 37.6 Å². The van der Waals surface area contributed by atoms with Crippen molar-refractivity contribution in [2.24, 2.45) is 5.92 Å². The summed E-state index contributed by atoms with van der Waals surface area (Å²) < 4.78 is 1.96. The maximum Gasteiger partial charge on any atom is 0.227 e. The molecule has 1 N–H and O–H groups in total. The molecular formula is C24H25ClN4O2. The molecule has 0 spiro atoms. The molecule has 7 heteroatoms. The van der Waals surface area contributed by atoms with Gasteiger partial charge in [0.15, 0.2) is 0 Å². The van der Waals surface area contributed by atoms with Crippen LogP contribution in [0.25, 0.3) is 0 Å². The van der Waals surface area contributed by atoms with Crippen molar-refractivity contribution in [2.45, 2.75) is 33.4 Å². The average Bonchev–Trinajstić information content (AvgIpc) is 3.27. The molecular weight excluding hydrogens is 412 g/mol. The Bertz CT molecular complexity index is 1110. The summed E-state index contributed by atoms with van der Waals surface area (Å²) in [5.74, 6) is -0.565. The van der Waals surface area contributed by atoms with Crippen LogP contribution in [0.4, 0.5) is 5.69 Å². The van der Waals surface area contributed by atoms with Gasteiger partial charge in [0.05, 0.1) is 18.2 Å². The molecule has 0 aliphatic carbocycles. The third-order valence-corrected chi connectivity index (χ3v) is 6.00. The van der Waals surface area contributed by atoms with Gasteiger partial charge in [-0.1, -0.05) is 48.0 Å². The highest BCUT2D eigenvalue weighted by Gasteiger charge is 2.35. The normalized spacial score (nSPS) is 16.0. The SMILES string of the molecule is Cc1nn(Cc2ccccc2)c(C)c1CNC(=O)C1CC(=O)N(c2cccc(Cl)c2)C1. The number of carbonyl (C=O) groups is 2. The molecule has 3 aromatic rings. The van der Waals surface area contributed by atoms with Gasteiger partial charge in [-0.2, -0.15) is 5.10 Å². The molecule has 0 radical (unpaired) electrons. The third kappa shape index (κ3) is 4.64. The molecule has 2 amide bonds. The van der Waals surface area contributed by atoms with E-state index in [-0.39, 0.29) is 24.2 Å². The smallest absolute Gasteiger partial charge is 0.227 e. The number of hydrogen-bond donors (Lipinski definition) is 1. The summed E-state index contributed by atoms with van der Waals surface area (Å²) in [5.41, 5.74) is 4.85. The van der Waals surface area contributed by atoms with Crippen LogP contribution in [0.2, 0.25) is 5.02 Å². The van der Waals surface area contributed by atoms with Crippen LogP contribution in [0.15, 0.2) is 54.6 Å². The van der Waals surface area contributed by atoms with Gasteiger partial charge in [-0.25, -0.2) is 0 Å². The predicted molar refractivity (Wildman–Crippen MR) is 121 cm³/mol. The topological polar surface area (TPSA) is 67.2 Å². The lowest BCUT2D eigenvalue weighted by atomic mass is 10.1. The van der Waals surface area contributed by atoms with E-state index in [2.05, 4.69) is 22.5 Å². The molecule has 6 nitrogen and oxygen atoms in total. The predicted octanol–water partition coefficient (Wildman–Crippen LogP) is 3.87. The van der Waals surface area contributed by atoms with E-state index < -0.39 is 0 Å². The number of carbonyl (C=O) groups excluding carboxylic acids is 2. The molecule has 1 aromatic heterocycles. The average molecular weight is 437 g/mol. The minimum absolute atomic E-state index is 0.0644. The Morgan fingerprint density at radius 2 is 1.94 bits per heavy atom. The van der Waals surface area contributed by atoms with Crippen molar-refractivity contribution < 1.29 is 9.59 Å². The molecule has 1 atom stereocenters. The Morgan fingerprint density at radius 1 is 1.16 bits per heavy atom. The molecule has 31 heavy (non-hydrogen) atoms. The molecule has 2 aromatic carbocycles. The summed E-state index contributed by atoms with van der Waals surface area (Å²) in [7, 11) is 0. The number of rotatable bonds is 6. The van der Waals surface area contributed by atoms with Gasteiger partial charge in [0.2, 0.25) is 11.8 Å². The summed E-state index contributed by atoms with van der Waals surface area (Å²) in [6.45, 7) is 5.41. The second kappa shape index (κ2) is 8.94. The molecule has 1 saturated heterocycles. The van der Waals surface area contributed by atoms with Gasteiger partial charge in [0, 0.05) is 41.5 Å². The van der Waals surface area contributed by atoms with Crippen LogP contribution in [0.1, 0.15) is 28.9 Å². The molecule has 1 unspecified atom stereocenters. The Hall–Kier alpha value is -3.12. The van der Waals surface area contributed by atoms with Crippen LogP contribution in [0, 0.1) is 19.8 Å². The molecule has 1 fully saturated rings. The number of hydrogen-bond acceptors (Lipinski definition) is 3. The number of nitrogens with one attached hydrogen (secondary N) is 1. The van der Waals surface area contributed by atoms with E-state index in [1.807, 2.05) is 42.8 Å². The Balaban J connectivity index is 1.39. The van der Waals surface area contributed by atoms with Gasteiger partial charge in [-0.15, -0.1) is 0 Å². The van der Waals surface area contributed by atoms with Gasteiger partial charge >= 0.3 is 0 Å². The van der Waals surface area contributed by atoms with Gasteiger partial charge < -0.3 is 10.2 Å². The van der Waals surface area contributed by atoms with E-state index in [1.165, 1.54) is 5.56 Å². The Labute approximate surface area is 186 Å². The number of benzene rings is 2. The van der Waals surface area contributed by atoms with E-state index >= 15 is 0 Å². The first-order valence-corrected chi connectivity index (χ1v) is 10.7. The van der Waals surface area contributed by atoms with Crippen LogP contribution < -0.4 is 10.2 Å². The zero-order chi connectivity index (χ0) is 22.0. The van der Waals surface area contributed by atoms with Crippen LogP contribution in [0.3, 0.4) is 0 Å². The standard InChI is InChI=1S/C24H25ClN4O2/c1-16-22(17(2)29(27-16)14-18-7-4-3-5-8-18)13-26-24(31)19-11-23(30)28(15-19)21-10-6-9-20(25)12-21/h3-10,12,19H,11,13-15H2,1-2H3,(H,26,31). The first-order valence-electron chi connectivity index (χ1n) is 10.3. The van der Waals surface area contributed by atoms with E-state index in [0.29, 0.717) is 24.7 Å². The zero-order valence-corrected chi connectivity index (χ0v) is 18.4. The van der Waals surface area contributed by atoms with Crippen molar-refractivity contribution in [2.75, 3.05) is 11.4 Å². The van der Waals surface area contributed by atoms with Crippen molar-refractivity contribution in [3.63, 3.8) is 0 Å². The third-order valence-electron chi connectivity index (χ3n) is 5.76. The molecule has 4 rings (SSSR count). The summed E-state index contributed by atoms with van der Waals surface area (Å²) in [4.78, 5) is 26.9. The molecule has 160 valence electrons. The lowest BCUT2D eigenvalue weighted by molar-refractivity contribution is -0.126. The number of aryl methyl sites for hydroxylation is 1. The van der Waals surface area contributed by atoms with E-state index in [9.17, 15) is 9.59 Å². The largest absolute Gasteiger partial charge is 0.352 e. The minimum Gasteiger partial charge on any atom is -0.352 e. The Kier molecular flexibility index (Phi) is 6.09. The van der Waals surface area contributed by atoms with Crippen molar-refractivity contribution in [3.8, 4) is 0 Å². The summed E-state index contributed by atoms with van der Waals surface area (Å²) in [6, 6.07) is 17.3.